The van der Waals surface area contributed by atoms with Gasteiger partial charge in [-0.25, -0.2) is 0 Å². The molecule has 2 aromatic carbocycles. The van der Waals surface area contributed by atoms with Crippen LogP contribution in [0.4, 0.5) is 0 Å². The van der Waals surface area contributed by atoms with E-state index in [-0.39, 0.29) is 34.5 Å². The number of Topliss-reactive ketones (excluding diaryl/α,β-unsaturated/α-hetero) is 2. The number of carbonyl (C=O) groups is 2. The zero-order chi connectivity index (χ0) is 32.6. The molecule has 0 aliphatic heterocycles. The van der Waals surface area contributed by atoms with Crippen molar-refractivity contribution in [2.24, 2.45) is 11.8 Å². The third-order valence-electron chi connectivity index (χ3n) is 7.67. The molecule has 2 aromatic rings. The number of carbonyl (C=O) groups excluding carboxylic acids is 2. The van der Waals surface area contributed by atoms with Gasteiger partial charge in [-0.05, 0) is 116 Å². The summed E-state index contributed by atoms with van der Waals surface area (Å²) in [5.41, 5.74) is 1.10. The molecule has 0 heterocycles. The number of unbranched alkanes of at least 4 members (excludes halogenated alkanes) is 4. The molecule has 0 saturated carbocycles. The van der Waals surface area contributed by atoms with Gasteiger partial charge in [0, 0.05) is 47.1 Å². The van der Waals surface area contributed by atoms with Crippen LogP contribution in [0.2, 0.25) is 0 Å². The first-order chi connectivity index (χ1) is 20.8. The van der Waals surface area contributed by atoms with Crippen LogP contribution < -0.4 is 20.1 Å². The highest BCUT2D eigenvalue weighted by Gasteiger charge is 2.27. The van der Waals surface area contributed by atoms with Crippen LogP contribution >= 0.6 is 0 Å². The van der Waals surface area contributed by atoms with Crippen molar-refractivity contribution < 1.29 is 19.1 Å². The van der Waals surface area contributed by atoms with E-state index >= 15 is 0 Å². The molecular formula is C38H60N2O4. The summed E-state index contributed by atoms with van der Waals surface area (Å²) in [6.07, 6.45) is 7.87. The molecule has 0 radical (unpaired) electrons. The van der Waals surface area contributed by atoms with Crippen molar-refractivity contribution >= 4 is 11.6 Å². The number of ketones is 2. The van der Waals surface area contributed by atoms with Gasteiger partial charge in [-0.15, -0.1) is 0 Å². The van der Waals surface area contributed by atoms with Crippen molar-refractivity contribution in [1.82, 2.24) is 10.6 Å². The zero-order valence-electron chi connectivity index (χ0n) is 28.9. The van der Waals surface area contributed by atoms with Crippen LogP contribution in [0.5, 0.6) is 11.5 Å². The second-order valence-electron chi connectivity index (χ2n) is 14.1. The molecule has 0 spiro atoms. The molecule has 2 atom stereocenters. The maximum Gasteiger partial charge on any atom is 0.167 e. The van der Waals surface area contributed by atoms with Crippen LogP contribution in [0.3, 0.4) is 0 Å². The summed E-state index contributed by atoms with van der Waals surface area (Å²) in [6, 6.07) is 15.1. The Bertz CT molecular complexity index is 1010. The van der Waals surface area contributed by atoms with Crippen LogP contribution in [0.1, 0.15) is 127 Å². The fourth-order valence-corrected chi connectivity index (χ4v) is 4.90. The third kappa shape index (κ3) is 14.9. The lowest BCUT2D eigenvalue weighted by atomic mass is 9.85. The molecule has 246 valence electrons. The van der Waals surface area contributed by atoms with E-state index in [9.17, 15) is 9.59 Å². The van der Waals surface area contributed by atoms with Crippen LogP contribution in [0.15, 0.2) is 48.5 Å². The summed E-state index contributed by atoms with van der Waals surface area (Å²) in [5.74, 6) is 1.26. The smallest absolute Gasteiger partial charge is 0.167 e. The lowest BCUT2D eigenvalue weighted by molar-refractivity contribution is 0.0858. The van der Waals surface area contributed by atoms with Crippen LogP contribution in [-0.4, -0.2) is 48.9 Å². The SMILES string of the molecule is CCCCCOc1ccc(C(=O)[C@H](CC[C@@H](CNC(C)(C)C)C(=O)c2ccc(OCCCCC)cc2)CNC(C)(C)C)cc1. The number of hydrogen-bond donors (Lipinski definition) is 2. The van der Waals surface area contributed by atoms with Gasteiger partial charge in [0.25, 0.3) is 0 Å². The molecule has 0 bridgehead atoms. The van der Waals surface area contributed by atoms with Gasteiger partial charge >= 0.3 is 0 Å². The largest absolute Gasteiger partial charge is 0.494 e. The highest BCUT2D eigenvalue weighted by atomic mass is 16.5. The number of benzene rings is 2. The fourth-order valence-electron chi connectivity index (χ4n) is 4.90. The second-order valence-corrected chi connectivity index (χ2v) is 14.1. The van der Waals surface area contributed by atoms with Gasteiger partial charge in [0.15, 0.2) is 11.6 Å². The number of nitrogens with one attached hydrogen (secondary N) is 2. The van der Waals surface area contributed by atoms with Crippen LogP contribution in [0.25, 0.3) is 0 Å². The van der Waals surface area contributed by atoms with E-state index in [1.165, 1.54) is 0 Å². The number of ether oxygens (including phenoxy) is 2. The quantitative estimate of drug-likeness (QED) is 0.109. The average molecular weight is 609 g/mol. The van der Waals surface area contributed by atoms with Gasteiger partial charge in [0.2, 0.25) is 0 Å². The standard InChI is InChI=1S/C38H60N2O4/c1-9-11-13-25-43-33-21-17-29(18-22-33)35(41)31(27-39-37(3,4)5)15-16-32(28-40-38(6,7)8)36(42)30-19-23-34(24-20-30)44-26-14-12-10-2/h17-24,31-32,39-40H,9-16,25-28H2,1-8H3/t31-,32+. The highest BCUT2D eigenvalue weighted by Crippen LogP contribution is 2.24. The molecule has 44 heavy (non-hydrogen) atoms. The molecular weight excluding hydrogens is 548 g/mol. The Labute approximate surface area is 268 Å². The van der Waals surface area contributed by atoms with E-state index in [0.717, 1.165) is 50.0 Å². The first-order valence-corrected chi connectivity index (χ1v) is 16.9. The van der Waals surface area contributed by atoms with Crippen molar-refractivity contribution in [2.45, 2.75) is 118 Å². The van der Waals surface area contributed by atoms with Crippen molar-refractivity contribution in [2.75, 3.05) is 26.3 Å². The van der Waals surface area contributed by atoms with E-state index in [1.807, 2.05) is 48.5 Å². The maximum absolute atomic E-state index is 13.8. The minimum Gasteiger partial charge on any atom is -0.494 e. The molecule has 6 heteroatoms. The minimum atomic E-state index is -0.255. The Hall–Kier alpha value is -2.70. The first-order valence-electron chi connectivity index (χ1n) is 16.9. The molecule has 2 N–H and O–H groups in total. The number of rotatable bonds is 21. The summed E-state index contributed by atoms with van der Waals surface area (Å²) in [7, 11) is 0. The molecule has 0 amide bonds. The maximum atomic E-state index is 13.8. The summed E-state index contributed by atoms with van der Waals surface area (Å²) in [5, 5.41) is 7.07. The lowest BCUT2D eigenvalue weighted by Gasteiger charge is -2.28. The van der Waals surface area contributed by atoms with E-state index in [2.05, 4.69) is 66.0 Å². The summed E-state index contributed by atoms with van der Waals surface area (Å²) >= 11 is 0. The van der Waals surface area contributed by atoms with Crippen LogP contribution in [0, 0.1) is 11.8 Å². The second kappa shape index (κ2) is 19.0. The summed E-state index contributed by atoms with van der Waals surface area (Å²) in [6.45, 7) is 19.5. The van der Waals surface area contributed by atoms with Crippen molar-refractivity contribution in [1.29, 1.82) is 0 Å². The van der Waals surface area contributed by atoms with Crippen molar-refractivity contribution in [3.63, 3.8) is 0 Å². The van der Waals surface area contributed by atoms with Gasteiger partial charge in [0.1, 0.15) is 11.5 Å². The Balaban J connectivity index is 2.17. The van der Waals surface area contributed by atoms with E-state index in [0.29, 0.717) is 50.3 Å². The monoisotopic (exact) mass is 608 g/mol. The molecule has 0 aliphatic carbocycles. The van der Waals surface area contributed by atoms with Gasteiger partial charge in [-0.2, -0.15) is 0 Å². The Morgan fingerprint density at radius 1 is 0.591 bits per heavy atom. The van der Waals surface area contributed by atoms with E-state index < -0.39 is 0 Å². The highest BCUT2D eigenvalue weighted by molar-refractivity contribution is 5.99. The molecule has 2 rings (SSSR count). The van der Waals surface area contributed by atoms with Gasteiger partial charge < -0.3 is 20.1 Å². The number of hydrogen-bond acceptors (Lipinski definition) is 6. The Kier molecular flexibility index (Phi) is 16.2. The van der Waals surface area contributed by atoms with Gasteiger partial charge in [-0.1, -0.05) is 39.5 Å². The van der Waals surface area contributed by atoms with Gasteiger partial charge in [-0.3, -0.25) is 9.59 Å². The summed E-state index contributed by atoms with van der Waals surface area (Å²) < 4.78 is 11.7. The van der Waals surface area contributed by atoms with Crippen molar-refractivity contribution in [3.05, 3.63) is 59.7 Å². The average Bonchev–Trinajstić information content (AvgIpc) is 2.98. The fraction of sp³-hybridized carbons (Fsp3) is 0.632. The normalized spacial score (nSPS) is 13.4. The summed E-state index contributed by atoms with van der Waals surface area (Å²) in [4.78, 5) is 27.6. The molecule has 0 fully saturated rings. The zero-order valence-corrected chi connectivity index (χ0v) is 28.9. The Morgan fingerprint density at radius 2 is 0.932 bits per heavy atom. The third-order valence-corrected chi connectivity index (χ3v) is 7.67. The predicted molar refractivity (Wildman–Crippen MR) is 183 cm³/mol. The Morgan fingerprint density at radius 3 is 1.23 bits per heavy atom. The topological polar surface area (TPSA) is 76.7 Å². The van der Waals surface area contributed by atoms with Crippen LogP contribution in [-0.2, 0) is 0 Å². The molecule has 0 unspecified atom stereocenters. The molecule has 6 nitrogen and oxygen atoms in total. The van der Waals surface area contributed by atoms with E-state index in [1.54, 1.807) is 0 Å². The predicted octanol–water partition coefficient (Wildman–Crippen LogP) is 8.68. The minimum absolute atomic E-state index is 0.0961. The lowest BCUT2D eigenvalue weighted by Crippen LogP contribution is -2.42. The van der Waals surface area contributed by atoms with E-state index in [4.69, 9.17) is 9.47 Å². The first kappa shape index (κ1) is 37.5. The molecule has 0 aromatic heterocycles. The van der Waals surface area contributed by atoms with Crippen molar-refractivity contribution in [3.8, 4) is 11.5 Å². The molecule has 0 saturated heterocycles. The molecule has 0 aliphatic rings. The van der Waals surface area contributed by atoms with Gasteiger partial charge in [0.05, 0.1) is 13.2 Å².